The number of nitrogens with zero attached hydrogens (tertiary/aromatic N) is 3. The molecule has 1 fully saturated rings. The first-order valence-corrected chi connectivity index (χ1v) is 13.4. The lowest BCUT2D eigenvalue weighted by Gasteiger charge is -2.30. The van der Waals surface area contributed by atoms with Gasteiger partial charge < -0.3 is 25.8 Å². The van der Waals surface area contributed by atoms with Gasteiger partial charge in [-0.05, 0) is 37.0 Å². The normalized spacial score (nSPS) is 21.7. The second-order valence-electron chi connectivity index (χ2n) is 10.4. The first-order chi connectivity index (χ1) is 19.1. The molecule has 3 N–H and O–H groups in total. The molecule has 2 heterocycles. The average Bonchev–Trinajstić information content (AvgIpc) is 2.94. The molecule has 0 saturated carbocycles. The topological polar surface area (TPSA) is 141 Å². The van der Waals surface area contributed by atoms with Crippen LogP contribution in [0.3, 0.4) is 0 Å². The van der Waals surface area contributed by atoms with Gasteiger partial charge in [0.1, 0.15) is 18.1 Å². The molecule has 214 valence electrons. The Morgan fingerprint density at radius 3 is 2.38 bits per heavy atom. The molecule has 11 nitrogen and oxygen atoms in total. The summed E-state index contributed by atoms with van der Waals surface area (Å²) in [5, 5.41) is 8.34. The zero-order valence-corrected chi connectivity index (χ0v) is 23.4. The Morgan fingerprint density at radius 1 is 1.00 bits per heavy atom. The van der Waals surface area contributed by atoms with Gasteiger partial charge in [-0.25, -0.2) is 0 Å². The fourth-order valence-electron chi connectivity index (χ4n) is 4.43. The molecule has 1 aromatic carbocycles. The molecule has 0 spiro atoms. The Labute approximate surface area is 234 Å². The number of carbonyl (C=O) groups excluding carboxylic acids is 5. The number of likely N-dealkylation sites (N-methyl/N-ethyl adjacent to an activating group) is 1. The minimum absolute atomic E-state index is 0.0258. The van der Waals surface area contributed by atoms with Crippen LogP contribution in [-0.4, -0.2) is 89.1 Å². The van der Waals surface area contributed by atoms with E-state index >= 15 is 0 Å². The van der Waals surface area contributed by atoms with Crippen LogP contribution < -0.4 is 16.0 Å². The van der Waals surface area contributed by atoms with Crippen molar-refractivity contribution in [1.82, 2.24) is 30.7 Å². The van der Waals surface area contributed by atoms with Gasteiger partial charge in [0.15, 0.2) is 0 Å². The van der Waals surface area contributed by atoms with Crippen LogP contribution in [-0.2, 0) is 25.6 Å². The molecule has 1 saturated heterocycles. The third-order valence-corrected chi connectivity index (χ3v) is 6.78. The first-order valence-electron chi connectivity index (χ1n) is 13.4. The minimum Gasteiger partial charge on any atom is -0.353 e. The molecule has 3 atom stereocenters. The maximum Gasteiger partial charge on any atom is 0.255 e. The third-order valence-electron chi connectivity index (χ3n) is 6.78. The van der Waals surface area contributed by atoms with Crippen LogP contribution in [0.15, 0.2) is 54.9 Å². The molecule has 2 aromatic rings. The summed E-state index contributed by atoms with van der Waals surface area (Å²) in [4.78, 5) is 72.8. The monoisotopic (exact) mass is 550 g/mol. The van der Waals surface area contributed by atoms with Crippen molar-refractivity contribution in [3.05, 3.63) is 66.0 Å². The second-order valence-corrected chi connectivity index (χ2v) is 10.4. The summed E-state index contributed by atoms with van der Waals surface area (Å²) in [5.74, 6) is -2.26. The van der Waals surface area contributed by atoms with Gasteiger partial charge in [-0.1, -0.05) is 44.2 Å². The zero-order valence-electron chi connectivity index (χ0n) is 23.4. The summed E-state index contributed by atoms with van der Waals surface area (Å²) < 4.78 is 0. The van der Waals surface area contributed by atoms with Gasteiger partial charge >= 0.3 is 0 Å². The molecular formula is C29H38N6O5. The van der Waals surface area contributed by atoms with Crippen LogP contribution in [0.1, 0.15) is 43.1 Å². The van der Waals surface area contributed by atoms with Crippen molar-refractivity contribution < 1.29 is 24.0 Å². The van der Waals surface area contributed by atoms with Crippen LogP contribution in [0.25, 0.3) is 0 Å². The molecule has 0 bridgehead atoms. The summed E-state index contributed by atoms with van der Waals surface area (Å²) in [6.07, 6.45) is 3.52. The Balaban J connectivity index is 1.93. The largest absolute Gasteiger partial charge is 0.353 e. The Bertz CT molecular complexity index is 1190. The second kappa shape index (κ2) is 14.2. The number of benzene rings is 1. The number of hydrogen-bond donors (Lipinski definition) is 3. The van der Waals surface area contributed by atoms with Gasteiger partial charge in [0, 0.05) is 39.0 Å². The van der Waals surface area contributed by atoms with Crippen molar-refractivity contribution in [2.45, 2.75) is 51.7 Å². The van der Waals surface area contributed by atoms with Crippen molar-refractivity contribution in [1.29, 1.82) is 0 Å². The summed E-state index contributed by atoms with van der Waals surface area (Å²) >= 11 is 0. The van der Waals surface area contributed by atoms with Crippen molar-refractivity contribution in [2.75, 3.05) is 26.7 Å². The number of aromatic nitrogens is 1. The SMILES string of the molecule is CC(C)C[C@@H]1NC(=O)CN(C(=O)c2cccnc2)CCNC(=O)[C@H](Cc2ccccc2)NC(=O)[C@H](C)N(C)C1=O. The summed E-state index contributed by atoms with van der Waals surface area (Å²) in [6.45, 7) is 5.17. The number of carbonyl (C=O) groups is 5. The average molecular weight is 551 g/mol. The summed E-state index contributed by atoms with van der Waals surface area (Å²) in [5.41, 5.74) is 1.13. The van der Waals surface area contributed by atoms with E-state index in [4.69, 9.17) is 0 Å². The van der Waals surface area contributed by atoms with E-state index < -0.39 is 47.7 Å². The summed E-state index contributed by atoms with van der Waals surface area (Å²) in [6, 6.07) is 9.76. The molecule has 1 aliphatic rings. The van der Waals surface area contributed by atoms with Crippen LogP contribution in [0.4, 0.5) is 0 Å². The molecule has 40 heavy (non-hydrogen) atoms. The van der Waals surface area contributed by atoms with E-state index in [-0.39, 0.29) is 37.5 Å². The lowest BCUT2D eigenvalue weighted by Crippen LogP contribution is -2.57. The number of hydrogen-bond acceptors (Lipinski definition) is 6. The van der Waals surface area contributed by atoms with E-state index in [1.807, 2.05) is 44.2 Å². The fraction of sp³-hybridized carbons (Fsp3) is 0.448. The van der Waals surface area contributed by atoms with Gasteiger partial charge in [0.2, 0.25) is 23.6 Å². The molecule has 0 unspecified atom stereocenters. The summed E-state index contributed by atoms with van der Waals surface area (Å²) in [7, 11) is 1.49. The molecular weight excluding hydrogens is 512 g/mol. The third kappa shape index (κ3) is 8.36. The highest BCUT2D eigenvalue weighted by atomic mass is 16.2. The molecule has 1 aliphatic heterocycles. The minimum atomic E-state index is -0.917. The van der Waals surface area contributed by atoms with Crippen molar-refractivity contribution in [3.8, 4) is 0 Å². The van der Waals surface area contributed by atoms with Crippen LogP contribution in [0.2, 0.25) is 0 Å². The fourth-order valence-corrected chi connectivity index (χ4v) is 4.43. The van der Waals surface area contributed by atoms with E-state index in [1.54, 1.807) is 19.1 Å². The number of pyridine rings is 1. The van der Waals surface area contributed by atoms with Gasteiger partial charge in [-0.15, -0.1) is 0 Å². The molecule has 3 rings (SSSR count). The standard InChI is InChI=1S/C29H38N6O5/c1-19(2)15-24-29(40)34(4)20(3)26(37)33-23(16-21-9-6-5-7-10-21)27(38)31-13-14-35(18-25(36)32-24)28(39)22-11-8-12-30-17-22/h5-12,17,19-20,23-24H,13-16,18H2,1-4H3,(H,31,38)(H,32,36)(H,33,37)/t20-,23-,24-/m0/s1. The van der Waals surface area contributed by atoms with Crippen LogP contribution in [0.5, 0.6) is 0 Å². The number of rotatable bonds is 5. The molecule has 11 heteroatoms. The van der Waals surface area contributed by atoms with E-state index in [1.165, 1.54) is 29.2 Å². The van der Waals surface area contributed by atoms with Crippen molar-refractivity contribution in [3.63, 3.8) is 0 Å². The van der Waals surface area contributed by atoms with E-state index in [0.29, 0.717) is 6.42 Å². The van der Waals surface area contributed by atoms with Crippen LogP contribution >= 0.6 is 0 Å². The highest BCUT2D eigenvalue weighted by Gasteiger charge is 2.33. The van der Waals surface area contributed by atoms with Gasteiger partial charge in [-0.3, -0.25) is 29.0 Å². The van der Waals surface area contributed by atoms with E-state index in [2.05, 4.69) is 20.9 Å². The molecule has 5 amide bonds. The first kappa shape index (κ1) is 30.3. The van der Waals surface area contributed by atoms with Gasteiger partial charge in [-0.2, -0.15) is 0 Å². The Kier molecular flexibility index (Phi) is 10.7. The molecule has 1 aromatic heterocycles. The predicted molar refractivity (Wildman–Crippen MR) is 149 cm³/mol. The van der Waals surface area contributed by atoms with Crippen LogP contribution in [0, 0.1) is 5.92 Å². The van der Waals surface area contributed by atoms with E-state index in [0.717, 1.165) is 5.56 Å². The lowest BCUT2D eigenvalue weighted by molar-refractivity contribution is -0.142. The maximum absolute atomic E-state index is 13.5. The van der Waals surface area contributed by atoms with Crippen molar-refractivity contribution >= 4 is 29.5 Å². The van der Waals surface area contributed by atoms with Crippen molar-refractivity contribution in [2.24, 2.45) is 5.92 Å². The molecule has 0 aliphatic carbocycles. The predicted octanol–water partition coefficient (Wildman–Crippen LogP) is 0.759. The smallest absolute Gasteiger partial charge is 0.255 e. The van der Waals surface area contributed by atoms with E-state index in [9.17, 15) is 24.0 Å². The molecule has 0 radical (unpaired) electrons. The zero-order chi connectivity index (χ0) is 29.2. The number of amides is 5. The lowest BCUT2D eigenvalue weighted by atomic mass is 10.0. The quantitative estimate of drug-likeness (QED) is 0.502. The highest BCUT2D eigenvalue weighted by molar-refractivity contribution is 5.98. The van der Waals surface area contributed by atoms with Gasteiger partial charge in [0.25, 0.3) is 5.91 Å². The Hall–Kier alpha value is -4.28. The highest BCUT2D eigenvalue weighted by Crippen LogP contribution is 2.12. The Morgan fingerprint density at radius 2 is 1.73 bits per heavy atom. The maximum atomic E-state index is 13.5. The number of nitrogens with one attached hydrogen (secondary N) is 3. The van der Waals surface area contributed by atoms with Gasteiger partial charge in [0.05, 0.1) is 12.1 Å².